The highest BCUT2D eigenvalue weighted by molar-refractivity contribution is 4.36. The average Bonchev–Trinajstić information content (AvgIpc) is 2.10. The molecular formula is C8H18O4. The summed E-state index contributed by atoms with van der Waals surface area (Å²) in [4.78, 5) is 0. The number of hydrogen-bond acceptors (Lipinski definition) is 4. The maximum Gasteiger partial charge on any atom is 0.0701 e. The molecule has 12 heavy (non-hydrogen) atoms. The molecule has 0 rings (SSSR count). The molecule has 0 saturated heterocycles. The van der Waals surface area contributed by atoms with Gasteiger partial charge in [-0.05, 0) is 12.8 Å². The molecule has 74 valence electrons. The predicted octanol–water partition coefficient (Wildman–Crippen LogP) is -0.216. The second-order valence-corrected chi connectivity index (χ2v) is 2.38. The van der Waals surface area contributed by atoms with Crippen molar-refractivity contribution in [2.45, 2.75) is 12.8 Å². The van der Waals surface area contributed by atoms with Gasteiger partial charge >= 0.3 is 0 Å². The molecule has 0 atom stereocenters. The third-order valence-corrected chi connectivity index (χ3v) is 1.30. The van der Waals surface area contributed by atoms with Gasteiger partial charge in [0.05, 0.1) is 26.4 Å². The first-order chi connectivity index (χ1) is 5.91. The number of hydrogen-bond donors (Lipinski definition) is 2. The number of ether oxygens (including phenoxy) is 2. The van der Waals surface area contributed by atoms with E-state index in [0.717, 1.165) is 12.8 Å². The van der Waals surface area contributed by atoms with Crippen molar-refractivity contribution >= 4 is 0 Å². The molecule has 0 aromatic carbocycles. The van der Waals surface area contributed by atoms with E-state index in [4.69, 9.17) is 19.7 Å². The van der Waals surface area contributed by atoms with E-state index < -0.39 is 0 Å². The largest absolute Gasteiger partial charge is 0.396 e. The fraction of sp³-hybridized carbons (Fsp3) is 1.00. The van der Waals surface area contributed by atoms with Crippen LogP contribution in [0.1, 0.15) is 12.8 Å². The summed E-state index contributed by atoms with van der Waals surface area (Å²) in [6, 6.07) is 0. The van der Waals surface area contributed by atoms with Crippen LogP contribution in [0.2, 0.25) is 0 Å². The van der Waals surface area contributed by atoms with Gasteiger partial charge in [0.25, 0.3) is 0 Å². The summed E-state index contributed by atoms with van der Waals surface area (Å²) in [5, 5.41) is 16.8. The lowest BCUT2D eigenvalue weighted by molar-refractivity contribution is 0.0314. The van der Waals surface area contributed by atoms with Gasteiger partial charge in [-0.15, -0.1) is 0 Å². The molecular weight excluding hydrogens is 160 g/mol. The lowest BCUT2D eigenvalue weighted by atomic mass is 10.3. The van der Waals surface area contributed by atoms with Gasteiger partial charge in [-0.25, -0.2) is 0 Å². The third kappa shape index (κ3) is 9.84. The molecule has 4 heteroatoms. The number of unbranched alkanes of at least 4 members (excludes halogenated alkanes) is 1. The van der Waals surface area contributed by atoms with E-state index in [-0.39, 0.29) is 13.2 Å². The summed E-state index contributed by atoms with van der Waals surface area (Å²) in [5.41, 5.74) is 0. The Hall–Kier alpha value is -0.160. The maximum absolute atomic E-state index is 8.43. The maximum atomic E-state index is 8.43. The van der Waals surface area contributed by atoms with Crippen molar-refractivity contribution in [2.75, 3.05) is 39.6 Å². The summed E-state index contributed by atoms with van der Waals surface area (Å²) in [6.07, 6.45) is 1.67. The van der Waals surface area contributed by atoms with E-state index in [1.54, 1.807) is 0 Å². The molecule has 2 N–H and O–H groups in total. The first-order valence-corrected chi connectivity index (χ1v) is 4.29. The normalized spacial score (nSPS) is 10.5. The van der Waals surface area contributed by atoms with Gasteiger partial charge in [0, 0.05) is 13.2 Å². The lowest BCUT2D eigenvalue weighted by Crippen LogP contribution is -2.08. The summed E-state index contributed by atoms with van der Waals surface area (Å²) < 4.78 is 10.1. The molecule has 0 spiro atoms. The quantitative estimate of drug-likeness (QED) is 0.479. The Bertz CT molecular complexity index is 67.5. The molecule has 0 bridgehead atoms. The Balaban J connectivity index is 2.73. The summed E-state index contributed by atoms with van der Waals surface area (Å²) in [5.74, 6) is 0. The van der Waals surface area contributed by atoms with Crippen LogP contribution in [-0.4, -0.2) is 49.9 Å². The molecule has 0 aromatic rings. The van der Waals surface area contributed by atoms with Crippen LogP contribution in [0.25, 0.3) is 0 Å². The smallest absolute Gasteiger partial charge is 0.0701 e. The minimum absolute atomic E-state index is 0.0600. The van der Waals surface area contributed by atoms with E-state index in [9.17, 15) is 0 Å². The van der Waals surface area contributed by atoms with Crippen molar-refractivity contribution in [1.29, 1.82) is 0 Å². The second-order valence-electron chi connectivity index (χ2n) is 2.38. The molecule has 0 aromatic heterocycles. The third-order valence-electron chi connectivity index (χ3n) is 1.30. The van der Waals surface area contributed by atoms with E-state index in [1.165, 1.54) is 0 Å². The zero-order valence-corrected chi connectivity index (χ0v) is 7.37. The van der Waals surface area contributed by atoms with Gasteiger partial charge in [0.15, 0.2) is 0 Å². The average molecular weight is 178 g/mol. The Morgan fingerprint density at radius 2 is 1.33 bits per heavy atom. The highest BCUT2D eigenvalue weighted by Crippen LogP contribution is 1.88. The van der Waals surface area contributed by atoms with Crippen molar-refractivity contribution in [3.05, 3.63) is 0 Å². The Kier molecular flexibility index (Phi) is 10.7. The zero-order chi connectivity index (χ0) is 9.07. The number of rotatable bonds is 9. The lowest BCUT2D eigenvalue weighted by Gasteiger charge is -2.03. The van der Waals surface area contributed by atoms with Crippen LogP contribution in [0.3, 0.4) is 0 Å². The van der Waals surface area contributed by atoms with Gasteiger partial charge in [0.1, 0.15) is 0 Å². The van der Waals surface area contributed by atoms with Gasteiger partial charge < -0.3 is 19.7 Å². The van der Waals surface area contributed by atoms with Gasteiger partial charge in [-0.3, -0.25) is 0 Å². The standard InChI is InChI=1S/C8H18O4/c9-3-1-2-5-11-7-8-12-6-4-10/h9-10H,1-8H2. The van der Waals surface area contributed by atoms with Crippen molar-refractivity contribution in [1.82, 2.24) is 0 Å². The van der Waals surface area contributed by atoms with Crippen LogP contribution >= 0.6 is 0 Å². The SMILES string of the molecule is OCCCCOCCOCCO. The summed E-state index contributed by atoms with van der Waals surface area (Å²) in [7, 11) is 0. The van der Waals surface area contributed by atoms with E-state index in [1.807, 2.05) is 0 Å². The molecule has 0 saturated carbocycles. The van der Waals surface area contributed by atoms with Crippen molar-refractivity contribution in [3.8, 4) is 0 Å². The topological polar surface area (TPSA) is 58.9 Å². The van der Waals surface area contributed by atoms with E-state index in [2.05, 4.69) is 0 Å². The Morgan fingerprint density at radius 3 is 1.92 bits per heavy atom. The first kappa shape index (κ1) is 11.8. The fourth-order valence-corrected chi connectivity index (χ4v) is 0.702. The second kappa shape index (κ2) is 10.8. The Morgan fingerprint density at radius 1 is 0.667 bits per heavy atom. The van der Waals surface area contributed by atoms with Crippen LogP contribution in [0.5, 0.6) is 0 Å². The van der Waals surface area contributed by atoms with Crippen LogP contribution in [0.15, 0.2) is 0 Å². The molecule has 0 unspecified atom stereocenters. The molecule has 0 fully saturated rings. The van der Waals surface area contributed by atoms with Crippen molar-refractivity contribution in [2.24, 2.45) is 0 Å². The van der Waals surface area contributed by atoms with Crippen LogP contribution in [0, 0.1) is 0 Å². The van der Waals surface area contributed by atoms with Gasteiger partial charge in [-0.1, -0.05) is 0 Å². The Labute approximate surface area is 73.1 Å². The summed E-state index contributed by atoms with van der Waals surface area (Å²) in [6.45, 7) is 2.42. The van der Waals surface area contributed by atoms with E-state index >= 15 is 0 Å². The predicted molar refractivity (Wildman–Crippen MR) is 45.0 cm³/mol. The molecule has 0 radical (unpaired) electrons. The monoisotopic (exact) mass is 178 g/mol. The minimum Gasteiger partial charge on any atom is -0.396 e. The van der Waals surface area contributed by atoms with Crippen LogP contribution in [-0.2, 0) is 9.47 Å². The highest BCUT2D eigenvalue weighted by Gasteiger charge is 1.89. The van der Waals surface area contributed by atoms with Crippen molar-refractivity contribution < 1.29 is 19.7 Å². The molecule has 0 aliphatic heterocycles. The number of aliphatic hydroxyl groups is 2. The van der Waals surface area contributed by atoms with Gasteiger partial charge in [0.2, 0.25) is 0 Å². The van der Waals surface area contributed by atoms with Gasteiger partial charge in [-0.2, -0.15) is 0 Å². The fourth-order valence-electron chi connectivity index (χ4n) is 0.702. The van der Waals surface area contributed by atoms with Crippen LogP contribution < -0.4 is 0 Å². The van der Waals surface area contributed by atoms with E-state index in [0.29, 0.717) is 26.4 Å². The summed E-state index contributed by atoms with van der Waals surface area (Å²) >= 11 is 0. The molecule has 0 amide bonds. The molecule has 0 aliphatic carbocycles. The molecule has 4 nitrogen and oxygen atoms in total. The first-order valence-electron chi connectivity index (χ1n) is 4.29. The zero-order valence-electron chi connectivity index (χ0n) is 7.37. The number of aliphatic hydroxyl groups excluding tert-OH is 2. The molecule has 0 heterocycles. The van der Waals surface area contributed by atoms with Crippen LogP contribution in [0.4, 0.5) is 0 Å². The minimum atomic E-state index is 0.0600. The van der Waals surface area contributed by atoms with Crippen molar-refractivity contribution in [3.63, 3.8) is 0 Å². The highest BCUT2D eigenvalue weighted by atomic mass is 16.5. The molecule has 0 aliphatic rings.